The van der Waals surface area contributed by atoms with E-state index in [1.807, 2.05) is 22.6 Å². The molecule has 0 spiro atoms. The number of carbonyl (C=O) groups excluding carboxylic acids is 1. The highest BCUT2D eigenvalue weighted by Crippen LogP contribution is 2.23. The zero-order valence-electron chi connectivity index (χ0n) is 13.5. The van der Waals surface area contributed by atoms with Crippen molar-refractivity contribution in [1.29, 1.82) is 0 Å². The Kier molecular flexibility index (Phi) is 4.11. The van der Waals surface area contributed by atoms with Crippen LogP contribution >= 0.6 is 0 Å². The van der Waals surface area contributed by atoms with E-state index in [2.05, 4.69) is 29.2 Å². The highest BCUT2D eigenvalue weighted by molar-refractivity contribution is 6.05. The quantitative estimate of drug-likeness (QED) is 0.938. The molecule has 3 heterocycles. The molecule has 0 saturated carbocycles. The van der Waals surface area contributed by atoms with Crippen molar-refractivity contribution in [2.45, 2.75) is 33.2 Å². The van der Waals surface area contributed by atoms with Crippen LogP contribution in [0, 0.1) is 6.92 Å². The average molecular weight is 301 g/mol. The van der Waals surface area contributed by atoms with Crippen molar-refractivity contribution >= 4 is 16.9 Å². The summed E-state index contributed by atoms with van der Waals surface area (Å²) in [6.45, 7) is 9.38. The number of rotatable bonds is 3. The van der Waals surface area contributed by atoms with Gasteiger partial charge in [0.25, 0.3) is 5.91 Å². The summed E-state index contributed by atoms with van der Waals surface area (Å²) >= 11 is 0. The van der Waals surface area contributed by atoms with Gasteiger partial charge in [-0.05, 0) is 26.3 Å². The third-order valence-corrected chi connectivity index (χ3v) is 4.34. The van der Waals surface area contributed by atoms with Crippen LogP contribution < -0.4 is 5.32 Å². The number of nitrogens with zero attached hydrogens (tertiary/aromatic N) is 4. The van der Waals surface area contributed by atoms with Gasteiger partial charge in [0.2, 0.25) is 0 Å². The lowest BCUT2D eigenvalue weighted by atomic mass is 10.1. The predicted octanol–water partition coefficient (Wildman–Crippen LogP) is 1.76. The van der Waals surface area contributed by atoms with Crippen LogP contribution in [0.3, 0.4) is 0 Å². The number of nitrogens with one attached hydrogen (secondary N) is 1. The predicted molar refractivity (Wildman–Crippen MR) is 86.0 cm³/mol. The summed E-state index contributed by atoms with van der Waals surface area (Å²) < 4.78 is 1.93. The van der Waals surface area contributed by atoms with E-state index in [1.165, 1.54) is 0 Å². The molecule has 0 bridgehead atoms. The Morgan fingerprint density at radius 1 is 1.41 bits per heavy atom. The van der Waals surface area contributed by atoms with Crippen molar-refractivity contribution in [1.82, 2.24) is 25.0 Å². The molecular weight excluding hydrogens is 278 g/mol. The standard InChI is InChI=1S/C16H23N5O/c1-4-12(3)21-15-14(10-18-21)13(9-11(2)19-15)16(22)20-7-5-17-6-8-20/h9-10,12,17H,4-8H2,1-3H3. The molecule has 0 radical (unpaired) electrons. The van der Waals surface area contributed by atoms with E-state index < -0.39 is 0 Å². The molecule has 1 aliphatic heterocycles. The molecule has 3 rings (SSSR count). The second-order valence-corrected chi connectivity index (χ2v) is 5.94. The third-order valence-electron chi connectivity index (χ3n) is 4.34. The molecule has 22 heavy (non-hydrogen) atoms. The Morgan fingerprint density at radius 3 is 2.82 bits per heavy atom. The van der Waals surface area contributed by atoms with Crippen molar-refractivity contribution < 1.29 is 4.79 Å². The topological polar surface area (TPSA) is 63.1 Å². The molecule has 1 saturated heterocycles. The van der Waals surface area contributed by atoms with E-state index in [0.29, 0.717) is 0 Å². The third kappa shape index (κ3) is 2.59. The fraction of sp³-hybridized carbons (Fsp3) is 0.562. The maximum Gasteiger partial charge on any atom is 0.254 e. The molecule has 1 aliphatic rings. The van der Waals surface area contributed by atoms with E-state index in [4.69, 9.17) is 0 Å². The Hall–Kier alpha value is -1.95. The maximum atomic E-state index is 12.8. The van der Waals surface area contributed by atoms with Crippen molar-refractivity contribution in [2.24, 2.45) is 0 Å². The molecule has 2 aromatic rings. The van der Waals surface area contributed by atoms with E-state index in [1.54, 1.807) is 6.20 Å². The van der Waals surface area contributed by atoms with Gasteiger partial charge in [-0.3, -0.25) is 4.79 Å². The Labute approximate surface area is 130 Å². The van der Waals surface area contributed by atoms with Gasteiger partial charge in [0.05, 0.1) is 23.2 Å². The number of amides is 1. The number of piperazine rings is 1. The van der Waals surface area contributed by atoms with E-state index in [-0.39, 0.29) is 11.9 Å². The fourth-order valence-electron chi connectivity index (χ4n) is 2.85. The summed E-state index contributed by atoms with van der Waals surface area (Å²) in [4.78, 5) is 19.4. The Balaban J connectivity index is 2.05. The SMILES string of the molecule is CCC(C)n1ncc2c(C(=O)N3CCNCC3)cc(C)nc21. The molecule has 118 valence electrons. The molecule has 2 aromatic heterocycles. The number of fused-ring (bicyclic) bond motifs is 1. The van der Waals surface area contributed by atoms with Gasteiger partial charge in [-0.15, -0.1) is 0 Å². The molecule has 1 atom stereocenters. The number of aromatic nitrogens is 3. The number of hydrogen-bond acceptors (Lipinski definition) is 4. The molecule has 1 N–H and O–H groups in total. The summed E-state index contributed by atoms with van der Waals surface area (Å²) in [5, 5.41) is 8.60. The van der Waals surface area contributed by atoms with Gasteiger partial charge >= 0.3 is 0 Å². The lowest BCUT2D eigenvalue weighted by molar-refractivity contribution is 0.0737. The molecule has 0 aliphatic carbocycles. The number of hydrogen-bond donors (Lipinski definition) is 1. The highest BCUT2D eigenvalue weighted by atomic mass is 16.2. The first-order chi connectivity index (χ1) is 10.6. The van der Waals surface area contributed by atoms with Crippen LogP contribution in [-0.2, 0) is 0 Å². The summed E-state index contributed by atoms with van der Waals surface area (Å²) in [7, 11) is 0. The monoisotopic (exact) mass is 301 g/mol. The fourth-order valence-corrected chi connectivity index (χ4v) is 2.85. The lowest BCUT2D eigenvalue weighted by Gasteiger charge is -2.27. The van der Waals surface area contributed by atoms with Crippen LogP contribution in [0.15, 0.2) is 12.3 Å². The molecule has 1 unspecified atom stereocenters. The average Bonchev–Trinajstić information content (AvgIpc) is 2.97. The van der Waals surface area contributed by atoms with Crippen molar-refractivity contribution in [3.05, 3.63) is 23.5 Å². The van der Waals surface area contributed by atoms with Crippen LogP contribution in [-0.4, -0.2) is 51.8 Å². The van der Waals surface area contributed by atoms with Crippen LogP contribution in [0.5, 0.6) is 0 Å². The van der Waals surface area contributed by atoms with Crippen LogP contribution in [0.4, 0.5) is 0 Å². The van der Waals surface area contributed by atoms with Crippen LogP contribution in [0.25, 0.3) is 11.0 Å². The minimum absolute atomic E-state index is 0.0840. The smallest absolute Gasteiger partial charge is 0.254 e. The van der Waals surface area contributed by atoms with Gasteiger partial charge < -0.3 is 10.2 Å². The van der Waals surface area contributed by atoms with Gasteiger partial charge in [-0.25, -0.2) is 9.67 Å². The minimum Gasteiger partial charge on any atom is -0.336 e. The first-order valence-corrected chi connectivity index (χ1v) is 7.96. The molecular formula is C16H23N5O. The molecule has 1 fully saturated rings. The largest absolute Gasteiger partial charge is 0.336 e. The normalized spacial score (nSPS) is 17.0. The molecule has 6 heteroatoms. The first kappa shape index (κ1) is 15.0. The van der Waals surface area contributed by atoms with Gasteiger partial charge in [0.1, 0.15) is 0 Å². The van der Waals surface area contributed by atoms with Gasteiger partial charge in [-0.1, -0.05) is 6.92 Å². The molecule has 0 aromatic carbocycles. The lowest BCUT2D eigenvalue weighted by Crippen LogP contribution is -2.46. The van der Waals surface area contributed by atoms with E-state index >= 15 is 0 Å². The Morgan fingerprint density at radius 2 is 2.14 bits per heavy atom. The van der Waals surface area contributed by atoms with Crippen molar-refractivity contribution in [3.8, 4) is 0 Å². The Bertz CT molecular complexity index is 687. The van der Waals surface area contributed by atoms with Gasteiger partial charge in [-0.2, -0.15) is 5.10 Å². The minimum atomic E-state index is 0.0840. The summed E-state index contributed by atoms with van der Waals surface area (Å²) in [6, 6.07) is 2.16. The number of aryl methyl sites for hydroxylation is 1. The summed E-state index contributed by atoms with van der Waals surface area (Å²) in [5.74, 6) is 0.0840. The zero-order chi connectivity index (χ0) is 15.7. The van der Waals surface area contributed by atoms with Crippen LogP contribution in [0.1, 0.15) is 42.4 Å². The second-order valence-electron chi connectivity index (χ2n) is 5.94. The summed E-state index contributed by atoms with van der Waals surface area (Å²) in [5.41, 5.74) is 2.39. The number of carbonyl (C=O) groups is 1. The van der Waals surface area contributed by atoms with Gasteiger partial charge in [0, 0.05) is 31.9 Å². The zero-order valence-corrected chi connectivity index (χ0v) is 13.5. The number of pyridine rings is 1. The van der Waals surface area contributed by atoms with Gasteiger partial charge in [0.15, 0.2) is 5.65 Å². The molecule has 1 amide bonds. The highest BCUT2D eigenvalue weighted by Gasteiger charge is 2.22. The van der Waals surface area contributed by atoms with Crippen LogP contribution in [0.2, 0.25) is 0 Å². The summed E-state index contributed by atoms with van der Waals surface area (Å²) in [6.07, 6.45) is 2.76. The van der Waals surface area contributed by atoms with Crippen molar-refractivity contribution in [3.63, 3.8) is 0 Å². The van der Waals surface area contributed by atoms with E-state index in [9.17, 15) is 4.79 Å². The first-order valence-electron chi connectivity index (χ1n) is 7.96. The van der Waals surface area contributed by atoms with E-state index in [0.717, 1.165) is 54.9 Å². The second kappa shape index (κ2) is 6.04. The van der Waals surface area contributed by atoms with Crippen molar-refractivity contribution in [2.75, 3.05) is 26.2 Å². The molecule has 6 nitrogen and oxygen atoms in total. The maximum absolute atomic E-state index is 12.8.